The minimum atomic E-state index is -3.77. The van der Waals surface area contributed by atoms with Gasteiger partial charge in [-0.3, -0.25) is 23.5 Å². The highest BCUT2D eigenvalue weighted by Gasteiger charge is 2.31. The summed E-state index contributed by atoms with van der Waals surface area (Å²) >= 11 is 0. The number of ketones is 1. The zero-order valence-corrected chi connectivity index (χ0v) is 23.5. The van der Waals surface area contributed by atoms with Crippen LogP contribution in [0, 0.1) is 23.7 Å². The molecule has 1 N–H and O–H groups in total. The second kappa shape index (κ2) is 10.5. The van der Waals surface area contributed by atoms with E-state index in [1.807, 2.05) is 0 Å². The number of amides is 1. The van der Waals surface area contributed by atoms with Crippen molar-refractivity contribution in [2.75, 3.05) is 11.1 Å². The maximum Gasteiger partial charge on any atom is 0.333 e. The third kappa shape index (κ3) is 5.51. The van der Waals surface area contributed by atoms with E-state index >= 15 is 0 Å². The van der Waals surface area contributed by atoms with Crippen molar-refractivity contribution in [1.82, 2.24) is 18.7 Å². The van der Waals surface area contributed by atoms with Crippen LogP contribution in [0.25, 0.3) is 11.2 Å². The van der Waals surface area contributed by atoms with E-state index in [0.29, 0.717) is 17.7 Å². The van der Waals surface area contributed by atoms with Gasteiger partial charge in [-0.05, 0) is 55.9 Å². The maximum absolute atomic E-state index is 13.0. The van der Waals surface area contributed by atoms with Crippen LogP contribution >= 0.6 is 0 Å². The summed E-state index contributed by atoms with van der Waals surface area (Å²) in [5.41, 5.74) is 0.455. The van der Waals surface area contributed by atoms with Crippen molar-refractivity contribution in [3.63, 3.8) is 0 Å². The predicted molar refractivity (Wildman–Crippen MR) is 149 cm³/mol. The van der Waals surface area contributed by atoms with Gasteiger partial charge in [0.2, 0.25) is 20.9 Å². The van der Waals surface area contributed by atoms with Crippen molar-refractivity contribution in [3.8, 4) is 11.8 Å². The molecule has 0 unspecified atom stereocenters. The molecule has 2 aromatic heterocycles. The third-order valence-electron chi connectivity index (χ3n) is 7.16. The van der Waals surface area contributed by atoms with Gasteiger partial charge in [0.15, 0.2) is 11.2 Å². The summed E-state index contributed by atoms with van der Waals surface area (Å²) in [6.45, 7) is 1.56. The monoisotopic (exact) mass is 565 g/mol. The van der Waals surface area contributed by atoms with Crippen LogP contribution in [-0.4, -0.2) is 44.5 Å². The van der Waals surface area contributed by atoms with Crippen LogP contribution in [0.2, 0.25) is 0 Å². The standard InChI is InChI=1S/C28H31N5O6S/c1-4-12-40(38,39)27-30-24-23(31(27)2)26(36)32(3)28(37)33(24)11-5-6-17-13-18(16-22(34)19-7-8-19)15-21(14-17)29-25(35)20-9-10-20/h13-15,19-20H,4,7-12,16H2,1-3H3,(H,29,35). The van der Waals surface area contributed by atoms with Crippen LogP contribution < -0.4 is 16.6 Å². The Morgan fingerprint density at radius 2 is 1.75 bits per heavy atom. The average molecular weight is 566 g/mol. The summed E-state index contributed by atoms with van der Waals surface area (Å²) in [6.07, 6.45) is 4.14. The van der Waals surface area contributed by atoms with E-state index in [0.717, 1.165) is 35.8 Å². The maximum atomic E-state index is 13.0. The lowest BCUT2D eigenvalue weighted by molar-refractivity contribution is -0.119. The van der Waals surface area contributed by atoms with E-state index in [1.54, 1.807) is 25.1 Å². The molecular formula is C28H31N5O6S. The molecule has 2 aliphatic carbocycles. The minimum Gasteiger partial charge on any atom is -0.326 e. The number of nitrogens with one attached hydrogen (secondary N) is 1. The van der Waals surface area contributed by atoms with E-state index in [1.165, 1.54) is 23.2 Å². The summed E-state index contributed by atoms with van der Waals surface area (Å²) < 4.78 is 28.8. The highest BCUT2D eigenvalue weighted by molar-refractivity contribution is 7.91. The van der Waals surface area contributed by atoms with Crippen molar-refractivity contribution < 1.29 is 18.0 Å². The highest BCUT2D eigenvalue weighted by Crippen LogP contribution is 2.32. The lowest BCUT2D eigenvalue weighted by atomic mass is 10.0. The fourth-order valence-corrected chi connectivity index (χ4v) is 6.14. The molecule has 11 nitrogen and oxygen atoms in total. The molecule has 0 saturated heterocycles. The van der Waals surface area contributed by atoms with Crippen molar-refractivity contribution in [2.24, 2.45) is 25.9 Å². The van der Waals surface area contributed by atoms with Crippen LogP contribution in [0.4, 0.5) is 5.69 Å². The quantitative estimate of drug-likeness (QED) is 0.388. The molecule has 2 heterocycles. The number of sulfone groups is 1. The Labute approximate surface area is 231 Å². The fraction of sp³-hybridized carbons (Fsp3) is 0.464. The number of hydrogen-bond acceptors (Lipinski definition) is 7. The summed E-state index contributed by atoms with van der Waals surface area (Å²) in [5, 5.41) is 2.63. The third-order valence-corrected chi connectivity index (χ3v) is 9.02. The molecule has 0 radical (unpaired) electrons. The number of carbonyl (C=O) groups is 2. The lowest BCUT2D eigenvalue weighted by Gasteiger charge is -2.09. The molecule has 0 spiro atoms. The van der Waals surface area contributed by atoms with Crippen molar-refractivity contribution >= 4 is 38.4 Å². The molecule has 2 aliphatic rings. The van der Waals surface area contributed by atoms with Crippen LogP contribution in [0.15, 0.2) is 32.9 Å². The van der Waals surface area contributed by atoms with Crippen LogP contribution in [0.3, 0.4) is 0 Å². The second-order valence-corrected chi connectivity index (χ2v) is 12.6. The predicted octanol–water partition coefficient (Wildman–Crippen LogP) is 1.54. The van der Waals surface area contributed by atoms with Gasteiger partial charge in [0.25, 0.3) is 5.56 Å². The van der Waals surface area contributed by atoms with E-state index in [2.05, 4.69) is 22.1 Å². The second-order valence-electron chi connectivity index (χ2n) is 10.6. The Morgan fingerprint density at radius 1 is 1.05 bits per heavy atom. The summed E-state index contributed by atoms with van der Waals surface area (Å²) in [4.78, 5) is 54.9. The van der Waals surface area contributed by atoms with E-state index in [-0.39, 0.29) is 58.6 Å². The number of aryl methyl sites for hydroxylation is 1. The average Bonchev–Trinajstić information content (AvgIpc) is 3.81. The number of fused-ring (bicyclic) bond motifs is 1. The number of Topliss-reactive ketones (excluding diaryl/α,β-unsaturated/α-hetero) is 1. The van der Waals surface area contributed by atoms with Gasteiger partial charge in [0.1, 0.15) is 5.78 Å². The Morgan fingerprint density at radius 3 is 2.40 bits per heavy atom. The first-order valence-corrected chi connectivity index (χ1v) is 15.0. The molecule has 5 rings (SSSR count). The van der Waals surface area contributed by atoms with Crippen LogP contribution in [-0.2, 0) is 46.5 Å². The number of nitrogens with zero attached hydrogens (tertiary/aromatic N) is 4. The summed E-state index contributed by atoms with van der Waals surface area (Å²) in [5.74, 6) is 5.98. The SMILES string of the molecule is CCCS(=O)(=O)c1nc2c(c(=O)n(C)c(=O)n2CC#Cc2cc(CC(=O)C3CC3)cc(NC(=O)C3CC3)c2)n1C. The molecule has 2 fully saturated rings. The van der Waals surface area contributed by atoms with Gasteiger partial charge in [-0.2, -0.15) is 4.98 Å². The molecule has 0 atom stereocenters. The van der Waals surface area contributed by atoms with E-state index in [9.17, 15) is 27.6 Å². The molecule has 12 heteroatoms. The van der Waals surface area contributed by atoms with Crippen molar-refractivity contribution in [1.29, 1.82) is 0 Å². The number of benzene rings is 1. The Bertz CT molecular complexity index is 1780. The summed E-state index contributed by atoms with van der Waals surface area (Å²) in [6, 6.07) is 5.29. The number of rotatable bonds is 9. The molecule has 3 aromatic rings. The minimum absolute atomic E-state index is 0.00898. The van der Waals surface area contributed by atoms with Gasteiger partial charge in [0, 0.05) is 43.6 Å². The van der Waals surface area contributed by atoms with Crippen LogP contribution in [0.5, 0.6) is 0 Å². The fourth-order valence-electron chi connectivity index (χ4n) is 4.69. The molecular weight excluding hydrogens is 534 g/mol. The molecule has 0 aliphatic heterocycles. The van der Waals surface area contributed by atoms with Gasteiger partial charge >= 0.3 is 5.69 Å². The van der Waals surface area contributed by atoms with Gasteiger partial charge < -0.3 is 9.88 Å². The first-order valence-electron chi connectivity index (χ1n) is 13.4. The Kier molecular flexibility index (Phi) is 7.27. The molecule has 210 valence electrons. The first kappa shape index (κ1) is 27.6. The number of hydrogen-bond donors (Lipinski definition) is 1. The van der Waals surface area contributed by atoms with Crippen molar-refractivity contribution in [2.45, 2.75) is 57.1 Å². The first-order chi connectivity index (χ1) is 19.0. The zero-order chi connectivity index (χ0) is 28.8. The lowest BCUT2D eigenvalue weighted by Crippen LogP contribution is -2.38. The Balaban J connectivity index is 1.51. The number of carbonyl (C=O) groups excluding carboxylic acids is 2. The van der Waals surface area contributed by atoms with Crippen molar-refractivity contribution in [3.05, 3.63) is 50.2 Å². The normalized spacial score (nSPS) is 15.1. The number of anilines is 1. The smallest absolute Gasteiger partial charge is 0.326 e. The number of imidazole rings is 1. The highest BCUT2D eigenvalue weighted by atomic mass is 32.2. The van der Waals surface area contributed by atoms with Gasteiger partial charge in [-0.15, -0.1) is 0 Å². The Hall–Kier alpha value is -3.98. The molecule has 1 amide bonds. The van der Waals surface area contributed by atoms with E-state index < -0.39 is 21.1 Å². The molecule has 1 aromatic carbocycles. The van der Waals surface area contributed by atoms with E-state index in [4.69, 9.17) is 0 Å². The summed E-state index contributed by atoms with van der Waals surface area (Å²) in [7, 11) is -1.02. The van der Waals surface area contributed by atoms with Gasteiger partial charge in [-0.1, -0.05) is 18.8 Å². The zero-order valence-electron chi connectivity index (χ0n) is 22.7. The number of aromatic nitrogens is 4. The molecule has 2 saturated carbocycles. The molecule has 0 bridgehead atoms. The van der Waals surface area contributed by atoms with Gasteiger partial charge in [-0.25, -0.2) is 13.2 Å². The van der Waals surface area contributed by atoms with Crippen LogP contribution in [0.1, 0.15) is 50.2 Å². The largest absolute Gasteiger partial charge is 0.333 e. The molecule has 40 heavy (non-hydrogen) atoms. The van der Waals surface area contributed by atoms with Gasteiger partial charge in [0.05, 0.1) is 12.3 Å². The topological polar surface area (TPSA) is 142 Å².